The van der Waals surface area contributed by atoms with Gasteiger partial charge < -0.3 is 15.2 Å². The second-order valence-electron chi connectivity index (χ2n) is 3.34. The number of carbonyl (C=O) groups excluding carboxylic acids is 2. The predicted molar refractivity (Wildman–Crippen MR) is 55.2 cm³/mol. The molecule has 2 N–H and O–H groups in total. The maximum Gasteiger partial charge on any atom is 0.308 e. The average Bonchev–Trinajstić information content (AvgIpc) is 2.17. The third-order valence-electron chi connectivity index (χ3n) is 1.90. The zero-order valence-electron chi connectivity index (χ0n) is 9.28. The van der Waals surface area contributed by atoms with Gasteiger partial charge >= 0.3 is 5.97 Å². The molecule has 0 saturated carbocycles. The molecule has 0 radical (unpaired) electrons. The van der Waals surface area contributed by atoms with E-state index < -0.39 is 12.1 Å². The zero-order chi connectivity index (χ0) is 11.7. The van der Waals surface area contributed by atoms with Crippen LogP contribution in [0.25, 0.3) is 0 Å². The first kappa shape index (κ1) is 13.9. The Balaban J connectivity index is 3.62. The number of methoxy groups -OCH3 is 1. The summed E-state index contributed by atoms with van der Waals surface area (Å²) in [5.74, 6) is -0.747. The van der Waals surface area contributed by atoms with Gasteiger partial charge in [0, 0.05) is 6.54 Å². The molecule has 0 aromatic carbocycles. The molecule has 88 valence electrons. The maximum atomic E-state index is 11.2. The molecule has 5 heteroatoms. The number of unbranched alkanes of at least 4 members (excludes halogenated alkanes) is 1. The van der Waals surface area contributed by atoms with E-state index in [9.17, 15) is 14.7 Å². The van der Waals surface area contributed by atoms with Crippen molar-refractivity contribution in [3.8, 4) is 0 Å². The van der Waals surface area contributed by atoms with E-state index >= 15 is 0 Å². The van der Waals surface area contributed by atoms with Crippen molar-refractivity contribution in [3.05, 3.63) is 0 Å². The van der Waals surface area contributed by atoms with E-state index in [0.29, 0.717) is 6.54 Å². The van der Waals surface area contributed by atoms with Gasteiger partial charge in [0.1, 0.15) is 0 Å². The number of aliphatic hydroxyl groups is 1. The topological polar surface area (TPSA) is 75.6 Å². The van der Waals surface area contributed by atoms with E-state index in [2.05, 4.69) is 10.1 Å². The Morgan fingerprint density at radius 3 is 2.60 bits per heavy atom. The Hall–Kier alpha value is -1.10. The highest BCUT2D eigenvalue weighted by Crippen LogP contribution is 1.99. The number of hydrogen-bond acceptors (Lipinski definition) is 4. The minimum absolute atomic E-state index is 0.0567. The Bertz CT molecular complexity index is 206. The zero-order valence-corrected chi connectivity index (χ0v) is 9.28. The van der Waals surface area contributed by atoms with Crippen LogP contribution in [0.5, 0.6) is 0 Å². The fourth-order valence-electron chi connectivity index (χ4n) is 1.04. The smallest absolute Gasteiger partial charge is 0.308 e. The molecule has 0 fully saturated rings. The molecule has 0 aromatic heterocycles. The molecule has 0 unspecified atom stereocenters. The minimum atomic E-state index is -0.959. The van der Waals surface area contributed by atoms with Gasteiger partial charge in [0.05, 0.1) is 26.1 Å². The fraction of sp³-hybridized carbons (Fsp3) is 0.800. The van der Waals surface area contributed by atoms with Crippen LogP contribution in [0.15, 0.2) is 0 Å². The van der Waals surface area contributed by atoms with Gasteiger partial charge in [-0.2, -0.15) is 0 Å². The van der Waals surface area contributed by atoms with Crippen molar-refractivity contribution in [2.75, 3.05) is 13.7 Å². The number of aliphatic hydroxyl groups excluding tert-OH is 1. The van der Waals surface area contributed by atoms with Gasteiger partial charge in [-0.25, -0.2) is 0 Å². The Labute approximate surface area is 89.8 Å². The van der Waals surface area contributed by atoms with E-state index in [1.807, 2.05) is 6.92 Å². The molecule has 0 aromatic rings. The van der Waals surface area contributed by atoms with Crippen LogP contribution in [-0.4, -0.2) is 36.7 Å². The monoisotopic (exact) mass is 217 g/mol. The van der Waals surface area contributed by atoms with Crippen molar-refractivity contribution in [1.82, 2.24) is 5.32 Å². The van der Waals surface area contributed by atoms with E-state index in [1.54, 1.807) is 0 Å². The summed E-state index contributed by atoms with van der Waals surface area (Å²) in [5.41, 5.74) is 0. The summed E-state index contributed by atoms with van der Waals surface area (Å²) in [6, 6.07) is 0. The molecule has 15 heavy (non-hydrogen) atoms. The van der Waals surface area contributed by atoms with Crippen LogP contribution in [0.2, 0.25) is 0 Å². The lowest BCUT2D eigenvalue weighted by Crippen LogP contribution is -2.29. The highest BCUT2D eigenvalue weighted by Gasteiger charge is 2.14. The first-order valence-electron chi connectivity index (χ1n) is 5.11. The number of esters is 1. The van der Waals surface area contributed by atoms with Crippen LogP contribution < -0.4 is 5.32 Å². The average molecular weight is 217 g/mol. The summed E-state index contributed by atoms with van der Waals surface area (Å²) in [4.78, 5) is 21.9. The second-order valence-corrected chi connectivity index (χ2v) is 3.34. The molecule has 0 aliphatic heterocycles. The summed E-state index contributed by atoms with van der Waals surface area (Å²) in [6.07, 6.45) is 0.763. The third-order valence-corrected chi connectivity index (χ3v) is 1.90. The molecule has 1 amide bonds. The maximum absolute atomic E-state index is 11.2. The lowest BCUT2D eigenvalue weighted by Gasteiger charge is -2.09. The van der Waals surface area contributed by atoms with Crippen molar-refractivity contribution in [1.29, 1.82) is 0 Å². The van der Waals surface area contributed by atoms with Gasteiger partial charge in [0.25, 0.3) is 0 Å². The predicted octanol–water partition coefficient (Wildman–Crippen LogP) is 0.217. The Morgan fingerprint density at radius 2 is 2.07 bits per heavy atom. The van der Waals surface area contributed by atoms with Gasteiger partial charge in [0.15, 0.2) is 0 Å². The van der Waals surface area contributed by atoms with Crippen LogP contribution in [0, 0.1) is 0 Å². The molecule has 0 heterocycles. The highest BCUT2D eigenvalue weighted by molar-refractivity contribution is 5.77. The second kappa shape index (κ2) is 8.23. The van der Waals surface area contributed by atoms with Crippen LogP contribution in [0.1, 0.15) is 32.6 Å². The summed E-state index contributed by atoms with van der Waals surface area (Å²) in [7, 11) is 1.25. The molecular weight excluding hydrogens is 198 g/mol. The van der Waals surface area contributed by atoms with Gasteiger partial charge in [-0.05, 0) is 6.42 Å². The van der Waals surface area contributed by atoms with Crippen LogP contribution in [-0.2, 0) is 14.3 Å². The Kier molecular flexibility index (Phi) is 7.62. The van der Waals surface area contributed by atoms with Crippen molar-refractivity contribution in [2.45, 2.75) is 38.7 Å². The number of amides is 1. The SMILES string of the molecule is CCCCNC(=O)C[C@H](O)CC(=O)OC. The number of hydrogen-bond donors (Lipinski definition) is 2. The van der Waals surface area contributed by atoms with Crippen molar-refractivity contribution in [2.24, 2.45) is 0 Å². The molecule has 0 rings (SSSR count). The molecule has 0 saturated heterocycles. The number of ether oxygens (including phenoxy) is 1. The molecule has 0 spiro atoms. The van der Waals surface area contributed by atoms with Crippen LogP contribution in [0.3, 0.4) is 0 Å². The molecule has 1 atom stereocenters. The van der Waals surface area contributed by atoms with Crippen molar-refractivity contribution >= 4 is 11.9 Å². The van der Waals surface area contributed by atoms with E-state index in [0.717, 1.165) is 12.8 Å². The van der Waals surface area contributed by atoms with Gasteiger partial charge in [-0.3, -0.25) is 9.59 Å². The quantitative estimate of drug-likeness (QED) is 0.472. The number of rotatable bonds is 7. The van der Waals surface area contributed by atoms with Crippen molar-refractivity contribution in [3.63, 3.8) is 0 Å². The van der Waals surface area contributed by atoms with E-state index in [-0.39, 0.29) is 18.7 Å². The molecule has 5 nitrogen and oxygen atoms in total. The van der Waals surface area contributed by atoms with E-state index in [4.69, 9.17) is 0 Å². The van der Waals surface area contributed by atoms with Crippen molar-refractivity contribution < 1.29 is 19.4 Å². The summed E-state index contributed by atoms with van der Waals surface area (Å²) < 4.78 is 4.37. The number of nitrogens with one attached hydrogen (secondary N) is 1. The lowest BCUT2D eigenvalue weighted by molar-refractivity contribution is -0.143. The molecule has 0 bridgehead atoms. The van der Waals surface area contributed by atoms with Crippen LogP contribution >= 0.6 is 0 Å². The normalized spacial score (nSPS) is 11.9. The minimum Gasteiger partial charge on any atom is -0.469 e. The van der Waals surface area contributed by atoms with Gasteiger partial charge in [0.2, 0.25) is 5.91 Å². The first-order valence-corrected chi connectivity index (χ1v) is 5.11. The fourth-order valence-corrected chi connectivity index (χ4v) is 1.04. The highest BCUT2D eigenvalue weighted by atomic mass is 16.5. The largest absolute Gasteiger partial charge is 0.469 e. The summed E-state index contributed by atoms with van der Waals surface area (Å²) >= 11 is 0. The lowest BCUT2D eigenvalue weighted by atomic mass is 10.2. The van der Waals surface area contributed by atoms with Gasteiger partial charge in [-0.1, -0.05) is 13.3 Å². The molecule has 0 aliphatic rings. The third kappa shape index (κ3) is 7.93. The molecule has 0 aliphatic carbocycles. The first-order chi connectivity index (χ1) is 7.10. The van der Waals surface area contributed by atoms with Gasteiger partial charge in [-0.15, -0.1) is 0 Å². The Morgan fingerprint density at radius 1 is 1.40 bits per heavy atom. The summed E-state index contributed by atoms with van der Waals surface area (Å²) in [5, 5.41) is 12.0. The molecular formula is C10H19NO4. The standard InChI is InChI=1S/C10H19NO4/c1-3-4-5-11-9(13)6-8(12)7-10(14)15-2/h8,12H,3-7H2,1-2H3,(H,11,13)/t8-/m0/s1. The number of carbonyl (C=O) groups is 2. The van der Waals surface area contributed by atoms with E-state index in [1.165, 1.54) is 7.11 Å². The summed E-state index contributed by atoms with van der Waals surface area (Å²) in [6.45, 7) is 2.64. The van der Waals surface area contributed by atoms with Crippen LogP contribution in [0.4, 0.5) is 0 Å².